The molecule has 0 atom stereocenters. The summed E-state index contributed by atoms with van der Waals surface area (Å²) in [5.74, 6) is 6.72. The molecule has 0 bridgehead atoms. The largest absolute Gasteiger partial charge is 0.493 e. The third-order valence-electron chi connectivity index (χ3n) is 1.89. The molecule has 0 heterocycles. The molecular weight excluding hydrogens is 188 g/mol. The molecule has 0 unspecified atom stereocenters. The van der Waals surface area contributed by atoms with Gasteiger partial charge in [0.1, 0.15) is 5.75 Å². The summed E-state index contributed by atoms with van der Waals surface area (Å²) in [4.78, 5) is 0. The zero-order valence-electron chi connectivity index (χ0n) is 9.21. The second-order valence-electron chi connectivity index (χ2n) is 3.21. The standard InChI is InChI=1S/C13H16O2/c1-3-15-13-8-7-11(2)10-12(13)6-4-5-9-14/h7-8,10,14H,3,5,9H2,1-2H3. The highest BCUT2D eigenvalue weighted by atomic mass is 16.5. The molecule has 0 amide bonds. The third-order valence-corrected chi connectivity index (χ3v) is 1.89. The maximum absolute atomic E-state index is 8.64. The molecule has 1 aromatic carbocycles. The van der Waals surface area contributed by atoms with Gasteiger partial charge in [-0.2, -0.15) is 0 Å². The first-order chi connectivity index (χ1) is 7.27. The molecule has 15 heavy (non-hydrogen) atoms. The average molecular weight is 204 g/mol. The minimum atomic E-state index is 0.1000. The quantitative estimate of drug-likeness (QED) is 0.764. The lowest BCUT2D eigenvalue weighted by Gasteiger charge is -2.06. The first kappa shape index (κ1) is 11.6. The molecule has 0 saturated carbocycles. The summed E-state index contributed by atoms with van der Waals surface area (Å²) < 4.78 is 5.46. The first-order valence-corrected chi connectivity index (χ1v) is 5.11. The highest BCUT2D eigenvalue weighted by Gasteiger charge is 1.99. The number of ether oxygens (including phenoxy) is 1. The molecule has 0 aromatic heterocycles. The summed E-state index contributed by atoms with van der Waals surface area (Å²) >= 11 is 0. The minimum absolute atomic E-state index is 0.1000. The lowest BCUT2D eigenvalue weighted by molar-refractivity contribution is 0.305. The zero-order chi connectivity index (χ0) is 11.1. The Labute approximate surface area is 90.9 Å². The molecule has 0 aliphatic heterocycles. The fraction of sp³-hybridized carbons (Fsp3) is 0.385. The fourth-order valence-corrected chi connectivity index (χ4v) is 1.24. The van der Waals surface area contributed by atoms with E-state index in [1.165, 1.54) is 0 Å². The van der Waals surface area contributed by atoms with Crippen LogP contribution in [0.3, 0.4) is 0 Å². The zero-order valence-corrected chi connectivity index (χ0v) is 9.21. The van der Waals surface area contributed by atoms with E-state index in [0.717, 1.165) is 16.9 Å². The van der Waals surface area contributed by atoms with Crippen LogP contribution in [0.4, 0.5) is 0 Å². The fourth-order valence-electron chi connectivity index (χ4n) is 1.24. The third kappa shape index (κ3) is 3.65. The molecular formula is C13H16O2. The van der Waals surface area contributed by atoms with Crippen LogP contribution in [0.5, 0.6) is 5.75 Å². The summed E-state index contributed by atoms with van der Waals surface area (Å²) in [5.41, 5.74) is 2.05. The predicted octanol–water partition coefficient (Wildman–Crippen LogP) is 2.13. The summed E-state index contributed by atoms with van der Waals surface area (Å²) in [5, 5.41) is 8.64. The van der Waals surface area contributed by atoms with E-state index in [1.807, 2.05) is 32.0 Å². The first-order valence-electron chi connectivity index (χ1n) is 5.11. The van der Waals surface area contributed by atoms with Gasteiger partial charge in [-0.3, -0.25) is 0 Å². The van der Waals surface area contributed by atoms with Gasteiger partial charge >= 0.3 is 0 Å². The number of hydrogen-bond acceptors (Lipinski definition) is 2. The van der Waals surface area contributed by atoms with E-state index in [4.69, 9.17) is 9.84 Å². The Morgan fingerprint density at radius 1 is 1.40 bits per heavy atom. The molecule has 0 spiro atoms. The summed E-state index contributed by atoms with van der Waals surface area (Å²) in [6.45, 7) is 4.71. The highest BCUT2D eigenvalue weighted by Crippen LogP contribution is 2.18. The Kier molecular flexibility index (Phi) is 4.73. The second-order valence-corrected chi connectivity index (χ2v) is 3.21. The summed E-state index contributed by atoms with van der Waals surface area (Å²) in [6, 6.07) is 5.93. The molecule has 0 aliphatic carbocycles. The van der Waals surface area contributed by atoms with Crippen LogP contribution in [0.15, 0.2) is 18.2 Å². The van der Waals surface area contributed by atoms with E-state index in [-0.39, 0.29) is 6.61 Å². The molecule has 1 aromatic rings. The Bertz CT molecular complexity index is 372. The smallest absolute Gasteiger partial charge is 0.134 e. The average Bonchev–Trinajstić information content (AvgIpc) is 2.22. The van der Waals surface area contributed by atoms with Crippen molar-refractivity contribution in [3.8, 4) is 17.6 Å². The molecule has 2 nitrogen and oxygen atoms in total. The molecule has 80 valence electrons. The Morgan fingerprint density at radius 2 is 2.20 bits per heavy atom. The van der Waals surface area contributed by atoms with Crippen molar-refractivity contribution in [3.63, 3.8) is 0 Å². The topological polar surface area (TPSA) is 29.5 Å². The molecule has 0 radical (unpaired) electrons. The van der Waals surface area contributed by atoms with Gasteiger partial charge in [0.2, 0.25) is 0 Å². The maximum atomic E-state index is 8.64. The maximum Gasteiger partial charge on any atom is 0.134 e. The van der Waals surface area contributed by atoms with Gasteiger partial charge in [-0.25, -0.2) is 0 Å². The van der Waals surface area contributed by atoms with Crippen molar-refractivity contribution in [1.82, 2.24) is 0 Å². The van der Waals surface area contributed by atoms with Crippen molar-refractivity contribution in [2.24, 2.45) is 0 Å². The van der Waals surface area contributed by atoms with Gasteiger partial charge in [0.25, 0.3) is 0 Å². The second kappa shape index (κ2) is 6.10. The molecule has 1 N–H and O–H groups in total. The molecule has 2 heteroatoms. The Morgan fingerprint density at radius 3 is 2.87 bits per heavy atom. The van der Waals surface area contributed by atoms with Crippen molar-refractivity contribution in [3.05, 3.63) is 29.3 Å². The van der Waals surface area contributed by atoms with E-state index in [2.05, 4.69) is 11.8 Å². The van der Waals surface area contributed by atoms with Crippen LogP contribution in [0.1, 0.15) is 24.5 Å². The van der Waals surface area contributed by atoms with Crippen LogP contribution in [-0.2, 0) is 0 Å². The molecule has 0 aliphatic rings. The van der Waals surface area contributed by atoms with E-state index in [0.29, 0.717) is 13.0 Å². The van der Waals surface area contributed by atoms with E-state index >= 15 is 0 Å². The van der Waals surface area contributed by atoms with Crippen LogP contribution in [0.25, 0.3) is 0 Å². The van der Waals surface area contributed by atoms with Crippen LogP contribution < -0.4 is 4.74 Å². The van der Waals surface area contributed by atoms with Crippen molar-refractivity contribution in [2.45, 2.75) is 20.3 Å². The SMILES string of the molecule is CCOc1ccc(C)cc1C#CCCO. The number of rotatable bonds is 3. The van der Waals surface area contributed by atoms with Gasteiger partial charge in [0, 0.05) is 6.42 Å². The van der Waals surface area contributed by atoms with Crippen molar-refractivity contribution < 1.29 is 9.84 Å². The monoisotopic (exact) mass is 204 g/mol. The Hall–Kier alpha value is -1.46. The van der Waals surface area contributed by atoms with Gasteiger partial charge in [0.05, 0.1) is 18.8 Å². The van der Waals surface area contributed by atoms with Gasteiger partial charge in [0.15, 0.2) is 0 Å². The molecule has 0 saturated heterocycles. The van der Waals surface area contributed by atoms with Gasteiger partial charge in [-0.1, -0.05) is 17.9 Å². The number of aliphatic hydroxyl groups excluding tert-OH is 1. The number of benzene rings is 1. The Balaban J connectivity index is 2.92. The lowest BCUT2D eigenvalue weighted by Crippen LogP contribution is -1.94. The summed E-state index contributed by atoms with van der Waals surface area (Å²) in [7, 11) is 0. The van der Waals surface area contributed by atoms with Crippen LogP contribution in [-0.4, -0.2) is 18.3 Å². The predicted molar refractivity (Wildman–Crippen MR) is 60.9 cm³/mol. The normalized spacial score (nSPS) is 9.27. The lowest BCUT2D eigenvalue weighted by atomic mass is 10.1. The number of hydrogen-bond donors (Lipinski definition) is 1. The minimum Gasteiger partial charge on any atom is -0.493 e. The van der Waals surface area contributed by atoms with E-state index < -0.39 is 0 Å². The number of aryl methyl sites for hydroxylation is 1. The highest BCUT2D eigenvalue weighted by molar-refractivity contribution is 5.47. The van der Waals surface area contributed by atoms with Gasteiger partial charge in [-0.05, 0) is 31.5 Å². The molecule has 0 fully saturated rings. The van der Waals surface area contributed by atoms with E-state index in [9.17, 15) is 0 Å². The van der Waals surface area contributed by atoms with Crippen molar-refractivity contribution >= 4 is 0 Å². The van der Waals surface area contributed by atoms with Crippen LogP contribution in [0, 0.1) is 18.8 Å². The van der Waals surface area contributed by atoms with Crippen molar-refractivity contribution in [1.29, 1.82) is 0 Å². The molecule has 1 rings (SSSR count). The van der Waals surface area contributed by atoms with Crippen LogP contribution >= 0.6 is 0 Å². The van der Waals surface area contributed by atoms with Gasteiger partial charge < -0.3 is 9.84 Å². The van der Waals surface area contributed by atoms with Crippen LogP contribution in [0.2, 0.25) is 0 Å². The number of aliphatic hydroxyl groups is 1. The summed E-state index contributed by atoms with van der Waals surface area (Å²) in [6.07, 6.45) is 0.500. The van der Waals surface area contributed by atoms with Crippen molar-refractivity contribution in [2.75, 3.05) is 13.2 Å². The van der Waals surface area contributed by atoms with E-state index in [1.54, 1.807) is 0 Å². The van der Waals surface area contributed by atoms with Gasteiger partial charge in [-0.15, -0.1) is 0 Å².